The van der Waals surface area contributed by atoms with Crippen molar-refractivity contribution in [3.8, 4) is 22.4 Å². The van der Waals surface area contributed by atoms with Crippen molar-refractivity contribution in [2.45, 2.75) is 44.3 Å². The summed E-state index contributed by atoms with van der Waals surface area (Å²) in [5.41, 5.74) is 9.76. The van der Waals surface area contributed by atoms with E-state index in [4.69, 9.17) is 19.3 Å². The summed E-state index contributed by atoms with van der Waals surface area (Å²) in [5, 5.41) is 0. The largest absolute Gasteiger partial charge is 0.494 e. The van der Waals surface area contributed by atoms with Crippen molar-refractivity contribution >= 4 is 23.6 Å². The quantitative estimate of drug-likeness (QED) is 0.201. The lowest BCUT2D eigenvalue weighted by Crippen LogP contribution is -2.41. The van der Waals surface area contributed by atoms with Gasteiger partial charge in [-0.2, -0.15) is 0 Å². The zero-order valence-electron chi connectivity index (χ0n) is 25.4. The van der Waals surface area contributed by atoms with E-state index in [1.807, 2.05) is 24.3 Å². The molecule has 0 amide bonds. The lowest BCUT2D eigenvalue weighted by molar-refractivity contribution is 0.00578. The third-order valence-corrected chi connectivity index (χ3v) is 9.77. The highest BCUT2D eigenvalue weighted by Crippen LogP contribution is 2.57. The minimum absolute atomic E-state index is 0.444. The molecule has 0 N–H and O–H groups in total. The maximum atomic E-state index is 6.57. The molecule has 1 fully saturated rings. The molecule has 5 heteroatoms. The standard InChI is InChI=1S/C39H33BN2O2/c1-37(2)38(3,4)44-40(43-37)28-23-24-30-29-19-11-12-20-31(29)39(32(30)25-28,27-17-9-6-10-18-27)36-35(26-15-7-5-8-16-26)41-33-21-13-14-22-34(33)42-36/h5-25H,1-4H3. The van der Waals surface area contributed by atoms with E-state index in [1.54, 1.807) is 0 Å². The van der Waals surface area contributed by atoms with Crippen LogP contribution in [0.4, 0.5) is 0 Å². The van der Waals surface area contributed by atoms with Crippen molar-refractivity contribution < 1.29 is 9.31 Å². The third kappa shape index (κ3) is 3.86. The minimum Gasteiger partial charge on any atom is -0.399 e. The second kappa shape index (κ2) is 9.72. The third-order valence-electron chi connectivity index (χ3n) is 9.77. The molecule has 4 nitrogen and oxygen atoms in total. The van der Waals surface area contributed by atoms with Crippen molar-refractivity contribution in [2.75, 3.05) is 0 Å². The summed E-state index contributed by atoms with van der Waals surface area (Å²) in [4.78, 5) is 10.9. The second-order valence-electron chi connectivity index (χ2n) is 12.8. The molecule has 1 unspecified atom stereocenters. The van der Waals surface area contributed by atoms with Crippen LogP contribution in [0.5, 0.6) is 0 Å². The van der Waals surface area contributed by atoms with E-state index in [9.17, 15) is 0 Å². The van der Waals surface area contributed by atoms with E-state index >= 15 is 0 Å². The number of hydrogen-bond donors (Lipinski definition) is 0. The van der Waals surface area contributed by atoms with Crippen molar-refractivity contribution in [1.82, 2.24) is 9.97 Å². The fourth-order valence-electron chi connectivity index (χ4n) is 6.87. The van der Waals surface area contributed by atoms with Crippen LogP contribution in [0.1, 0.15) is 50.1 Å². The molecule has 8 rings (SSSR count). The molecule has 6 aromatic rings. The van der Waals surface area contributed by atoms with Gasteiger partial charge < -0.3 is 9.31 Å². The fourth-order valence-corrected chi connectivity index (χ4v) is 6.87. The molecule has 0 radical (unpaired) electrons. The lowest BCUT2D eigenvalue weighted by atomic mass is 9.67. The van der Waals surface area contributed by atoms with E-state index in [-0.39, 0.29) is 0 Å². The summed E-state index contributed by atoms with van der Waals surface area (Å²) in [6.07, 6.45) is 0. The van der Waals surface area contributed by atoms with E-state index in [0.29, 0.717) is 0 Å². The Labute approximate surface area is 258 Å². The Morgan fingerprint density at radius 1 is 0.545 bits per heavy atom. The van der Waals surface area contributed by atoms with Gasteiger partial charge in [0.25, 0.3) is 0 Å². The first-order chi connectivity index (χ1) is 21.3. The molecule has 0 bridgehead atoms. The number of fused-ring (bicyclic) bond motifs is 4. The number of para-hydroxylation sites is 2. The van der Waals surface area contributed by atoms with Crippen LogP contribution in [-0.2, 0) is 14.7 Å². The molecule has 5 aromatic carbocycles. The van der Waals surface area contributed by atoms with Crippen molar-refractivity contribution in [1.29, 1.82) is 0 Å². The minimum atomic E-state index is -0.741. The Morgan fingerprint density at radius 3 is 1.82 bits per heavy atom. The first-order valence-corrected chi connectivity index (χ1v) is 15.3. The van der Waals surface area contributed by atoms with Gasteiger partial charge >= 0.3 is 7.12 Å². The molecule has 44 heavy (non-hydrogen) atoms. The maximum absolute atomic E-state index is 6.57. The molecule has 2 heterocycles. The molecule has 1 aromatic heterocycles. The summed E-state index contributed by atoms with van der Waals surface area (Å²) in [6.45, 7) is 8.39. The van der Waals surface area contributed by atoms with Crippen LogP contribution >= 0.6 is 0 Å². The summed E-state index contributed by atoms with van der Waals surface area (Å²) in [6, 6.07) is 44.8. The van der Waals surface area contributed by atoms with Gasteiger partial charge in [-0.3, -0.25) is 0 Å². The van der Waals surface area contributed by atoms with E-state index in [0.717, 1.165) is 44.6 Å². The normalized spacial score (nSPS) is 19.6. The highest BCUT2D eigenvalue weighted by molar-refractivity contribution is 6.62. The second-order valence-corrected chi connectivity index (χ2v) is 12.8. The van der Waals surface area contributed by atoms with E-state index in [1.165, 1.54) is 16.7 Å². The average molecular weight is 573 g/mol. The average Bonchev–Trinajstić information content (AvgIpc) is 3.47. The van der Waals surface area contributed by atoms with Gasteiger partial charge in [0, 0.05) is 5.56 Å². The number of aromatic nitrogens is 2. The summed E-state index contributed by atoms with van der Waals surface area (Å²) < 4.78 is 13.1. The molecule has 1 aliphatic heterocycles. The Morgan fingerprint density at radius 2 is 1.11 bits per heavy atom. The summed E-state index contributed by atoms with van der Waals surface area (Å²) in [5.74, 6) is 0. The molecular weight excluding hydrogens is 539 g/mol. The van der Waals surface area contributed by atoms with Crippen LogP contribution in [0.15, 0.2) is 127 Å². The van der Waals surface area contributed by atoms with Gasteiger partial charge in [0.1, 0.15) is 0 Å². The first-order valence-electron chi connectivity index (χ1n) is 15.3. The highest BCUT2D eigenvalue weighted by atomic mass is 16.7. The van der Waals surface area contributed by atoms with Crippen molar-refractivity contribution in [3.63, 3.8) is 0 Å². The smallest absolute Gasteiger partial charge is 0.399 e. The molecular formula is C39H33BN2O2. The predicted molar refractivity (Wildman–Crippen MR) is 178 cm³/mol. The van der Waals surface area contributed by atoms with Gasteiger partial charge in [0.05, 0.1) is 39.0 Å². The van der Waals surface area contributed by atoms with Crippen LogP contribution in [0.25, 0.3) is 33.4 Å². The molecule has 0 spiro atoms. The first kappa shape index (κ1) is 27.0. The number of rotatable bonds is 4. The summed E-state index contributed by atoms with van der Waals surface area (Å²) >= 11 is 0. The monoisotopic (exact) mass is 572 g/mol. The fraction of sp³-hybridized carbons (Fsp3) is 0.179. The SMILES string of the molecule is CC1(C)OB(c2ccc3c(c2)C(c2ccccc2)(c2nc4ccccc4nc2-c2ccccc2)c2ccccc2-3)OC1(C)C. The van der Waals surface area contributed by atoms with Crippen LogP contribution in [0.3, 0.4) is 0 Å². The van der Waals surface area contributed by atoms with Gasteiger partial charge in [-0.15, -0.1) is 0 Å². The van der Waals surface area contributed by atoms with Gasteiger partial charge in [-0.25, -0.2) is 9.97 Å². The van der Waals surface area contributed by atoms with Crippen molar-refractivity contribution in [2.24, 2.45) is 0 Å². The Hall–Kier alpha value is -4.58. The molecule has 1 saturated heterocycles. The number of hydrogen-bond acceptors (Lipinski definition) is 4. The van der Waals surface area contributed by atoms with E-state index < -0.39 is 23.7 Å². The maximum Gasteiger partial charge on any atom is 0.494 e. The van der Waals surface area contributed by atoms with E-state index in [2.05, 4.69) is 131 Å². The van der Waals surface area contributed by atoms with Crippen LogP contribution in [0, 0.1) is 0 Å². The molecule has 2 aliphatic rings. The lowest BCUT2D eigenvalue weighted by Gasteiger charge is -2.34. The van der Waals surface area contributed by atoms with Gasteiger partial charge in [0.15, 0.2) is 0 Å². The van der Waals surface area contributed by atoms with Gasteiger partial charge in [-0.1, -0.05) is 115 Å². The zero-order valence-corrected chi connectivity index (χ0v) is 25.4. The van der Waals surface area contributed by atoms with Crippen LogP contribution in [-0.4, -0.2) is 28.3 Å². The molecule has 1 atom stereocenters. The molecule has 0 saturated carbocycles. The topological polar surface area (TPSA) is 44.2 Å². The zero-order chi connectivity index (χ0) is 30.1. The predicted octanol–water partition coefficient (Wildman–Crippen LogP) is 7.96. The van der Waals surface area contributed by atoms with Crippen molar-refractivity contribution in [3.05, 3.63) is 150 Å². The number of benzene rings is 5. The van der Waals surface area contributed by atoms with Crippen LogP contribution < -0.4 is 5.46 Å². The Balaban J connectivity index is 1.49. The van der Waals surface area contributed by atoms with Gasteiger partial charge in [-0.05, 0) is 73.1 Å². The summed E-state index contributed by atoms with van der Waals surface area (Å²) in [7, 11) is -0.487. The molecule has 214 valence electrons. The molecule has 1 aliphatic carbocycles. The Kier molecular flexibility index (Phi) is 5.96. The van der Waals surface area contributed by atoms with Crippen LogP contribution in [0.2, 0.25) is 0 Å². The Bertz CT molecular complexity index is 2030. The number of nitrogens with zero attached hydrogens (tertiary/aromatic N) is 2. The highest BCUT2D eigenvalue weighted by Gasteiger charge is 2.53. The van der Waals surface area contributed by atoms with Gasteiger partial charge in [0.2, 0.25) is 0 Å².